The lowest BCUT2D eigenvalue weighted by Gasteiger charge is -2.10. The third-order valence-electron chi connectivity index (χ3n) is 4.02. The number of hydrogen-bond donors (Lipinski definition) is 1. The second-order valence-electron chi connectivity index (χ2n) is 5.18. The summed E-state index contributed by atoms with van der Waals surface area (Å²) in [7, 11) is 0. The Balaban J connectivity index is 2.20. The topological polar surface area (TPSA) is 56.7 Å². The predicted octanol–water partition coefficient (Wildman–Crippen LogP) is 2.99. The molecule has 0 aliphatic heterocycles. The highest BCUT2D eigenvalue weighted by Crippen LogP contribution is 2.27. The van der Waals surface area contributed by atoms with Crippen LogP contribution in [-0.2, 0) is 6.54 Å². The summed E-state index contributed by atoms with van der Waals surface area (Å²) in [5.74, 6) is 0.555. The molecule has 2 aromatic heterocycles. The number of aromatic nitrogens is 3. The Hall–Kier alpha value is -2.36. The Morgan fingerprint density at radius 2 is 1.85 bits per heavy atom. The summed E-state index contributed by atoms with van der Waals surface area (Å²) in [6, 6.07) is 8.41. The lowest BCUT2D eigenvalue weighted by molar-refractivity contribution is 0.785. The number of hydrogen-bond acceptors (Lipinski definition) is 3. The van der Waals surface area contributed by atoms with Crippen LogP contribution in [0, 0.1) is 20.8 Å². The van der Waals surface area contributed by atoms with E-state index < -0.39 is 0 Å². The maximum Gasteiger partial charge on any atom is 0.146 e. The Morgan fingerprint density at radius 1 is 1.10 bits per heavy atom. The van der Waals surface area contributed by atoms with Crippen LogP contribution in [0.3, 0.4) is 0 Å². The fourth-order valence-electron chi connectivity index (χ4n) is 2.65. The second kappa shape index (κ2) is 4.63. The van der Waals surface area contributed by atoms with Gasteiger partial charge in [-0.2, -0.15) is 0 Å². The van der Waals surface area contributed by atoms with Crippen LogP contribution in [0.5, 0.6) is 0 Å². The van der Waals surface area contributed by atoms with Gasteiger partial charge in [-0.1, -0.05) is 24.3 Å². The molecule has 0 unspecified atom stereocenters. The highest BCUT2D eigenvalue weighted by molar-refractivity contribution is 5.90. The molecule has 1 aromatic carbocycles. The molecule has 0 bridgehead atoms. The maximum absolute atomic E-state index is 6.00. The number of nitrogen functional groups attached to an aromatic ring is 1. The number of aryl methyl sites for hydroxylation is 2. The molecule has 2 N–H and O–H groups in total. The van der Waals surface area contributed by atoms with Crippen LogP contribution in [-0.4, -0.2) is 14.5 Å². The zero-order valence-electron chi connectivity index (χ0n) is 12.0. The van der Waals surface area contributed by atoms with Gasteiger partial charge in [0.25, 0.3) is 0 Å². The SMILES string of the molecule is Cc1ccccc1Cn1c(C)c(C)c2c(N)ncnc21. The van der Waals surface area contributed by atoms with Crippen molar-refractivity contribution in [3.05, 3.63) is 53.0 Å². The number of anilines is 1. The molecule has 0 spiro atoms. The molecule has 0 aliphatic carbocycles. The van der Waals surface area contributed by atoms with E-state index in [1.165, 1.54) is 23.1 Å². The minimum absolute atomic E-state index is 0.555. The molecule has 3 aromatic rings. The van der Waals surface area contributed by atoms with Gasteiger partial charge in [-0.05, 0) is 37.5 Å². The number of nitrogens with zero attached hydrogens (tertiary/aromatic N) is 3. The minimum atomic E-state index is 0.555. The van der Waals surface area contributed by atoms with E-state index in [1.807, 2.05) is 0 Å². The lowest BCUT2D eigenvalue weighted by Crippen LogP contribution is -2.04. The third kappa shape index (κ3) is 1.84. The van der Waals surface area contributed by atoms with Gasteiger partial charge in [0.15, 0.2) is 0 Å². The molecule has 0 saturated heterocycles. The molecule has 0 saturated carbocycles. The Labute approximate surface area is 118 Å². The van der Waals surface area contributed by atoms with Gasteiger partial charge in [-0.25, -0.2) is 9.97 Å². The lowest BCUT2D eigenvalue weighted by atomic mass is 10.1. The summed E-state index contributed by atoms with van der Waals surface area (Å²) < 4.78 is 2.21. The summed E-state index contributed by atoms with van der Waals surface area (Å²) >= 11 is 0. The van der Waals surface area contributed by atoms with Crippen molar-refractivity contribution in [2.24, 2.45) is 0 Å². The molecule has 0 fully saturated rings. The van der Waals surface area contributed by atoms with Gasteiger partial charge in [0.05, 0.1) is 5.39 Å². The largest absolute Gasteiger partial charge is 0.383 e. The van der Waals surface area contributed by atoms with Gasteiger partial charge in [-0.15, -0.1) is 0 Å². The van der Waals surface area contributed by atoms with Crippen LogP contribution in [0.4, 0.5) is 5.82 Å². The zero-order chi connectivity index (χ0) is 14.3. The van der Waals surface area contributed by atoms with Gasteiger partial charge in [0.1, 0.15) is 17.8 Å². The third-order valence-corrected chi connectivity index (χ3v) is 4.02. The highest BCUT2D eigenvalue weighted by atomic mass is 15.1. The highest BCUT2D eigenvalue weighted by Gasteiger charge is 2.15. The van der Waals surface area contributed by atoms with Crippen LogP contribution in [0.1, 0.15) is 22.4 Å². The van der Waals surface area contributed by atoms with Gasteiger partial charge in [0, 0.05) is 12.2 Å². The summed E-state index contributed by atoms with van der Waals surface area (Å²) in [6.45, 7) is 7.12. The molecule has 4 nitrogen and oxygen atoms in total. The van der Waals surface area contributed by atoms with E-state index in [0.717, 1.165) is 23.1 Å². The zero-order valence-corrected chi connectivity index (χ0v) is 12.0. The quantitative estimate of drug-likeness (QED) is 0.775. The van der Waals surface area contributed by atoms with Crippen molar-refractivity contribution in [3.63, 3.8) is 0 Å². The summed E-state index contributed by atoms with van der Waals surface area (Å²) in [4.78, 5) is 8.52. The van der Waals surface area contributed by atoms with E-state index in [-0.39, 0.29) is 0 Å². The van der Waals surface area contributed by atoms with Crippen molar-refractivity contribution in [1.29, 1.82) is 0 Å². The van der Waals surface area contributed by atoms with Gasteiger partial charge < -0.3 is 10.3 Å². The number of benzene rings is 1. The van der Waals surface area contributed by atoms with Crippen molar-refractivity contribution in [2.45, 2.75) is 27.3 Å². The van der Waals surface area contributed by atoms with E-state index in [0.29, 0.717) is 5.82 Å². The van der Waals surface area contributed by atoms with E-state index in [1.54, 1.807) is 0 Å². The minimum Gasteiger partial charge on any atom is -0.383 e. The predicted molar refractivity (Wildman–Crippen MR) is 81.7 cm³/mol. The number of rotatable bonds is 2. The van der Waals surface area contributed by atoms with Crippen molar-refractivity contribution in [1.82, 2.24) is 14.5 Å². The summed E-state index contributed by atoms with van der Waals surface area (Å²) in [6.07, 6.45) is 1.53. The average molecular weight is 266 g/mol. The fourth-order valence-corrected chi connectivity index (χ4v) is 2.65. The molecule has 0 aliphatic rings. The van der Waals surface area contributed by atoms with Crippen LogP contribution in [0.2, 0.25) is 0 Å². The Morgan fingerprint density at radius 3 is 2.60 bits per heavy atom. The maximum atomic E-state index is 6.00. The molecule has 0 atom stereocenters. The van der Waals surface area contributed by atoms with Gasteiger partial charge in [-0.3, -0.25) is 0 Å². The second-order valence-corrected chi connectivity index (χ2v) is 5.18. The van der Waals surface area contributed by atoms with E-state index in [2.05, 4.69) is 59.6 Å². The standard InChI is InChI=1S/C16H18N4/c1-10-6-4-5-7-13(10)8-20-12(3)11(2)14-15(17)18-9-19-16(14)20/h4-7,9H,8H2,1-3H3,(H2,17,18,19). The fraction of sp³-hybridized carbons (Fsp3) is 0.250. The number of fused-ring (bicyclic) bond motifs is 1. The normalized spacial score (nSPS) is 11.2. The van der Waals surface area contributed by atoms with E-state index in [4.69, 9.17) is 5.73 Å². The first kappa shape index (κ1) is 12.7. The van der Waals surface area contributed by atoms with Crippen molar-refractivity contribution in [2.75, 3.05) is 5.73 Å². The average Bonchev–Trinajstić information content (AvgIpc) is 2.67. The van der Waals surface area contributed by atoms with Crippen LogP contribution < -0.4 is 5.73 Å². The van der Waals surface area contributed by atoms with Crippen molar-refractivity contribution in [3.8, 4) is 0 Å². The first-order valence-electron chi connectivity index (χ1n) is 6.70. The molecule has 3 rings (SSSR count). The first-order chi connectivity index (χ1) is 9.59. The summed E-state index contributed by atoms with van der Waals surface area (Å²) in [5, 5.41) is 0.971. The Kier molecular flexibility index (Phi) is 2.93. The summed E-state index contributed by atoms with van der Waals surface area (Å²) in [5.41, 5.74) is 11.8. The molecule has 2 heterocycles. The first-order valence-corrected chi connectivity index (χ1v) is 6.70. The van der Waals surface area contributed by atoms with Gasteiger partial charge >= 0.3 is 0 Å². The van der Waals surface area contributed by atoms with Crippen molar-refractivity contribution >= 4 is 16.9 Å². The van der Waals surface area contributed by atoms with E-state index in [9.17, 15) is 0 Å². The van der Waals surface area contributed by atoms with Gasteiger partial charge in [0.2, 0.25) is 0 Å². The molecule has 0 radical (unpaired) electrons. The molecular formula is C16H18N4. The molecule has 4 heteroatoms. The monoisotopic (exact) mass is 266 g/mol. The molecular weight excluding hydrogens is 248 g/mol. The molecule has 102 valence electrons. The smallest absolute Gasteiger partial charge is 0.146 e. The van der Waals surface area contributed by atoms with Crippen LogP contribution in [0.25, 0.3) is 11.0 Å². The molecule has 20 heavy (non-hydrogen) atoms. The van der Waals surface area contributed by atoms with Crippen LogP contribution >= 0.6 is 0 Å². The van der Waals surface area contributed by atoms with Crippen molar-refractivity contribution < 1.29 is 0 Å². The molecule has 0 amide bonds. The Bertz CT molecular complexity index is 787. The van der Waals surface area contributed by atoms with Crippen LogP contribution in [0.15, 0.2) is 30.6 Å². The number of nitrogens with two attached hydrogens (primary N) is 1. The van der Waals surface area contributed by atoms with E-state index >= 15 is 0 Å².